The molecule has 0 fully saturated rings. The lowest BCUT2D eigenvalue weighted by Gasteiger charge is -2.33. The summed E-state index contributed by atoms with van der Waals surface area (Å²) in [7, 11) is -4.00. The number of sulfonamides is 1. The average Bonchev–Trinajstić information content (AvgIpc) is 2.83. The van der Waals surface area contributed by atoms with E-state index in [1.165, 1.54) is 17.0 Å². The first-order chi connectivity index (χ1) is 17.4. The van der Waals surface area contributed by atoms with Gasteiger partial charge in [0.25, 0.3) is 5.69 Å². The highest BCUT2D eigenvalue weighted by Gasteiger charge is 2.32. The summed E-state index contributed by atoms with van der Waals surface area (Å²) in [5, 5.41) is 14.2. The normalized spacial score (nSPS) is 12.0. The maximum atomic E-state index is 13.8. The van der Waals surface area contributed by atoms with Gasteiger partial charge in [0.15, 0.2) is 0 Å². The minimum atomic E-state index is -4.00. The molecule has 2 aromatic carbocycles. The Balaban J connectivity index is 2.51. The maximum absolute atomic E-state index is 13.8. The second-order valence-electron chi connectivity index (χ2n) is 9.01. The molecule has 0 aliphatic rings. The molecule has 11 heteroatoms. The fraction of sp³-hybridized carbons (Fsp3) is 0.462. The van der Waals surface area contributed by atoms with Gasteiger partial charge >= 0.3 is 0 Å². The molecule has 202 valence electrons. The van der Waals surface area contributed by atoms with Gasteiger partial charge in [0, 0.05) is 25.2 Å². The van der Waals surface area contributed by atoms with E-state index in [0.717, 1.165) is 40.6 Å². The lowest BCUT2D eigenvalue weighted by molar-refractivity contribution is -0.384. The number of rotatable bonds is 13. The summed E-state index contributed by atoms with van der Waals surface area (Å²) in [6.07, 6.45) is 2.96. The summed E-state index contributed by atoms with van der Waals surface area (Å²) in [5.74, 6) is -0.896. The van der Waals surface area contributed by atoms with Crippen molar-refractivity contribution in [2.45, 2.75) is 59.5 Å². The number of unbranched alkanes of at least 4 members (excludes halogenated alkanes) is 1. The molecule has 0 aliphatic heterocycles. The van der Waals surface area contributed by atoms with Crippen LogP contribution in [0.2, 0.25) is 0 Å². The van der Waals surface area contributed by atoms with E-state index in [2.05, 4.69) is 5.32 Å². The Bertz CT molecular complexity index is 1230. The highest BCUT2D eigenvalue weighted by atomic mass is 32.2. The molecule has 0 aromatic heterocycles. The molecule has 37 heavy (non-hydrogen) atoms. The Labute approximate surface area is 218 Å². The van der Waals surface area contributed by atoms with Crippen molar-refractivity contribution in [3.63, 3.8) is 0 Å². The molecule has 0 bridgehead atoms. The van der Waals surface area contributed by atoms with Crippen LogP contribution in [-0.4, -0.2) is 55.4 Å². The molecule has 10 nitrogen and oxygen atoms in total. The van der Waals surface area contributed by atoms with Gasteiger partial charge in [0.2, 0.25) is 21.8 Å². The number of benzene rings is 2. The third kappa shape index (κ3) is 8.01. The van der Waals surface area contributed by atoms with Gasteiger partial charge < -0.3 is 10.2 Å². The summed E-state index contributed by atoms with van der Waals surface area (Å²) in [5.41, 5.74) is 1.96. The number of hydrogen-bond acceptors (Lipinski definition) is 6. The third-order valence-electron chi connectivity index (χ3n) is 6.17. The minimum Gasteiger partial charge on any atom is -0.354 e. The van der Waals surface area contributed by atoms with Gasteiger partial charge in [-0.2, -0.15) is 0 Å². The zero-order valence-electron chi connectivity index (χ0n) is 22.1. The maximum Gasteiger partial charge on any atom is 0.271 e. The highest BCUT2D eigenvalue weighted by Crippen LogP contribution is 2.28. The van der Waals surface area contributed by atoms with Gasteiger partial charge in [-0.25, -0.2) is 8.42 Å². The molecule has 0 radical (unpaired) electrons. The molecule has 2 rings (SSSR count). The van der Waals surface area contributed by atoms with Crippen LogP contribution in [0.1, 0.15) is 49.8 Å². The van der Waals surface area contributed by atoms with Crippen LogP contribution in [0.25, 0.3) is 0 Å². The number of nitrogens with zero attached hydrogens (tertiary/aromatic N) is 3. The summed E-state index contributed by atoms with van der Waals surface area (Å²) in [4.78, 5) is 39.0. The SMILES string of the molecule is CCCCNC(=O)[C@H](CC)N(Cc1ccccc1C)C(=O)CN(c1cc([N+](=O)[O-])ccc1C)S(C)(=O)=O. The topological polar surface area (TPSA) is 130 Å². The van der Waals surface area contributed by atoms with Crippen molar-refractivity contribution >= 4 is 33.2 Å². The molecule has 0 saturated heterocycles. The van der Waals surface area contributed by atoms with Crippen molar-refractivity contribution in [3.8, 4) is 0 Å². The molecule has 2 amide bonds. The quantitative estimate of drug-likeness (QED) is 0.238. The molecule has 0 heterocycles. The van der Waals surface area contributed by atoms with E-state index in [0.29, 0.717) is 18.5 Å². The van der Waals surface area contributed by atoms with Crippen LogP contribution in [0.15, 0.2) is 42.5 Å². The molecular formula is C26H36N4O6S. The number of nitro benzene ring substituents is 1. The molecular weight excluding hydrogens is 496 g/mol. The van der Waals surface area contributed by atoms with E-state index in [1.54, 1.807) is 13.8 Å². The molecule has 0 saturated carbocycles. The lowest BCUT2D eigenvalue weighted by Crippen LogP contribution is -2.52. The lowest BCUT2D eigenvalue weighted by atomic mass is 10.1. The average molecular weight is 533 g/mol. The van der Waals surface area contributed by atoms with Gasteiger partial charge in [-0.15, -0.1) is 0 Å². The van der Waals surface area contributed by atoms with Crippen molar-refractivity contribution in [1.82, 2.24) is 10.2 Å². The summed E-state index contributed by atoms with van der Waals surface area (Å²) >= 11 is 0. The van der Waals surface area contributed by atoms with Gasteiger partial charge in [-0.05, 0) is 43.4 Å². The fourth-order valence-electron chi connectivity index (χ4n) is 3.97. The van der Waals surface area contributed by atoms with Crippen LogP contribution in [0.3, 0.4) is 0 Å². The van der Waals surface area contributed by atoms with E-state index in [1.807, 2.05) is 38.1 Å². The van der Waals surface area contributed by atoms with Crippen LogP contribution in [0.5, 0.6) is 0 Å². The van der Waals surface area contributed by atoms with Crippen molar-refractivity contribution in [2.24, 2.45) is 0 Å². The highest BCUT2D eigenvalue weighted by molar-refractivity contribution is 7.92. The zero-order chi connectivity index (χ0) is 27.8. The minimum absolute atomic E-state index is 0.0429. The van der Waals surface area contributed by atoms with Crippen LogP contribution in [-0.2, 0) is 26.2 Å². The van der Waals surface area contributed by atoms with E-state index in [4.69, 9.17) is 0 Å². The number of amides is 2. The fourth-order valence-corrected chi connectivity index (χ4v) is 4.87. The van der Waals surface area contributed by atoms with Gasteiger partial charge in [-0.3, -0.25) is 24.0 Å². The molecule has 2 aromatic rings. The number of anilines is 1. The Morgan fingerprint density at radius 2 is 1.76 bits per heavy atom. The van der Waals surface area contributed by atoms with E-state index < -0.39 is 33.4 Å². The van der Waals surface area contributed by atoms with Gasteiger partial charge in [-0.1, -0.05) is 50.6 Å². The van der Waals surface area contributed by atoms with Crippen LogP contribution >= 0.6 is 0 Å². The second-order valence-corrected chi connectivity index (χ2v) is 10.9. The van der Waals surface area contributed by atoms with Crippen LogP contribution in [0.4, 0.5) is 11.4 Å². The second kappa shape index (κ2) is 13.2. The largest absolute Gasteiger partial charge is 0.354 e. The Morgan fingerprint density at radius 3 is 2.32 bits per heavy atom. The molecule has 1 N–H and O–H groups in total. The number of aryl methyl sites for hydroxylation is 2. The smallest absolute Gasteiger partial charge is 0.271 e. The standard InChI is InChI=1S/C26H36N4O6S/c1-6-8-15-27-26(32)23(7-2)28(17-21-12-10-9-11-19(21)3)25(31)18-29(37(5,35)36)24-16-22(30(33)34)14-13-20(24)4/h9-14,16,23H,6-8,15,17-18H2,1-5H3,(H,27,32)/t23-/m0/s1. The molecule has 0 aliphatic carbocycles. The number of carbonyl (C=O) groups is 2. The first-order valence-electron chi connectivity index (χ1n) is 12.2. The van der Waals surface area contributed by atoms with Crippen molar-refractivity contribution in [3.05, 3.63) is 69.3 Å². The number of non-ortho nitro benzene ring substituents is 1. The predicted molar refractivity (Wildman–Crippen MR) is 144 cm³/mol. The molecule has 0 spiro atoms. The van der Waals surface area contributed by atoms with Gasteiger partial charge in [0.05, 0.1) is 16.9 Å². The monoisotopic (exact) mass is 532 g/mol. The van der Waals surface area contributed by atoms with Crippen LogP contribution < -0.4 is 9.62 Å². The first-order valence-corrected chi connectivity index (χ1v) is 14.1. The zero-order valence-corrected chi connectivity index (χ0v) is 22.9. The molecule has 1 atom stereocenters. The summed E-state index contributed by atoms with van der Waals surface area (Å²) in [6, 6.07) is 10.5. The summed E-state index contributed by atoms with van der Waals surface area (Å²) in [6.45, 7) is 7.29. The third-order valence-corrected chi connectivity index (χ3v) is 7.30. The number of carbonyl (C=O) groups excluding carboxylic acids is 2. The Kier molecular flexibility index (Phi) is 10.6. The Morgan fingerprint density at radius 1 is 1.08 bits per heavy atom. The van der Waals surface area contributed by atoms with E-state index in [9.17, 15) is 28.1 Å². The number of nitro groups is 1. The van der Waals surface area contributed by atoms with Crippen molar-refractivity contribution < 1.29 is 22.9 Å². The summed E-state index contributed by atoms with van der Waals surface area (Å²) < 4.78 is 26.4. The van der Waals surface area contributed by atoms with E-state index in [-0.39, 0.29) is 23.8 Å². The number of nitrogens with one attached hydrogen (secondary N) is 1. The van der Waals surface area contributed by atoms with E-state index >= 15 is 0 Å². The van der Waals surface area contributed by atoms with Gasteiger partial charge in [0.1, 0.15) is 12.6 Å². The van der Waals surface area contributed by atoms with Crippen molar-refractivity contribution in [1.29, 1.82) is 0 Å². The first kappa shape index (κ1) is 29.8. The predicted octanol–water partition coefficient (Wildman–Crippen LogP) is 3.70. The number of hydrogen-bond donors (Lipinski definition) is 1. The van der Waals surface area contributed by atoms with Crippen LogP contribution in [0, 0.1) is 24.0 Å². The Hall–Kier alpha value is -3.47. The molecule has 0 unspecified atom stereocenters. The van der Waals surface area contributed by atoms with Crippen molar-refractivity contribution in [2.75, 3.05) is 23.7 Å².